The van der Waals surface area contributed by atoms with Gasteiger partial charge in [0.1, 0.15) is 23.9 Å². The third kappa shape index (κ3) is 5.63. The normalized spacial score (nSPS) is 14.1. The first-order valence-corrected chi connectivity index (χ1v) is 11.9. The second kappa shape index (κ2) is 10.9. The molecular weight excluding hydrogens is 438 g/mol. The van der Waals surface area contributed by atoms with Crippen LogP contribution in [0.5, 0.6) is 17.2 Å². The number of rotatable bonds is 7. The maximum Gasteiger partial charge on any atom is 0.128 e. The van der Waals surface area contributed by atoms with E-state index < -0.39 is 0 Å². The summed E-state index contributed by atoms with van der Waals surface area (Å²) >= 11 is 1.81. The van der Waals surface area contributed by atoms with Crippen LogP contribution in [0.2, 0.25) is 0 Å². The van der Waals surface area contributed by atoms with Crippen molar-refractivity contribution in [1.29, 1.82) is 0 Å². The van der Waals surface area contributed by atoms with E-state index in [9.17, 15) is 0 Å². The summed E-state index contributed by atoms with van der Waals surface area (Å²) in [5.41, 5.74) is 1.18. The highest BCUT2D eigenvalue weighted by Gasteiger charge is 2.10. The summed E-state index contributed by atoms with van der Waals surface area (Å²) in [6.07, 6.45) is 4.00. The van der Waals surface area contributed by atoms with E-state index in [1.54, 1.807) is 0 Å². The van der Waals surface area contributed by atoms with Crippen molar-refractivity contribution in [3.05, 3.63) is 78.9 Å². The lowest BCUT2D eigenvalue weighted by atomic mass is 10.1. The second-order valence-corrected chi connectivity index (χ2v) is 9.08. The van der Waals surface area contributed by atoms with E-state index in [4.69, 9.17) is 9.47 Å². The van der Waals surface area contributed by atoms with Gasteiger partial charge in [-0.15, -0.1) is 23.7 Å². The van der Waals surface area contributed by atoms with E-state index in [1.807, 2.05) is 47.7 Å². The number of halogens is 1. The van der Waals surface area contributed by atoms with Crippen LogP contribution in [0, 0.1) is 0 Å². The van der Waals surface area contributed by atoms with Crippen LogP contribution in [-0.2, 0) is 0 Å². The molecule has 0 unspecified atom stereocenters. The van der Waals surface area contributed by atoms with Crippen molar-refractivity contribution in [1.82, 2.24) is 4.90 Å². The molecule has 32 heavy (non-hydrogen) atoms. The number of hydrogen-bond donors (Lipinski definition) is 0. The van der Waals surface area contributed by atoms with Crippen LogP contribution in [0.4, 0.5) is 0 Å². The molecule has 1 fully saturated rings. The standard InChI is InChI=1S/C27H27NO2S.ClH/c1-4-15-28(16-5-1)17-18-29-23-11-13-24(14-12-23)30-25-9-6-8-21(19-25)27-20-22-7-2-3-10-26(22)31-27;/h2-3,6-14,19-20H,1,4-5,15-18H2;1H. The van der Waals surface area contributed by atoms with Gasteiger partial charge in [-0.3, -0.25) is 4.90 Å². The van der Waals surface area contributed by atoms with E-state index in [2.05, 4.69) is 47.4 Å². The highest BCUT2D eigenvalue weighted by Crippen LogP contribution is 2.35. The molecule has 0 spiro atoms. The van der Waals surface area contributed by atoms with E-state index >= 15 is 0 Å². The van der Waals surface area contributed by atoms with Gasteiger partial charge >= 0.3 is 0 Å². The fraction of sp³-hybridized carbons (Fsp3) is 0.259. The molecule has 4 aromatic rings. The maximum atomic E-state index is 6.11. The van der Waals surface area contributed by atoms with Gasteiger partial charge in [0.25, 0.3) is 0 Å². The summed E-state index contributed by atoms with van der Waals surface area (Å²) in [6.45, 7) is 4.15. The quantitative estimate of drug-likeness (QED) is 0.280. The molecule has 0 amide bonds. The SMILES string of the molecule is Cl.c1cc(Oc2ccc(OCCN3CCCCC3)cc2)cc(-c2cc3ccccc3s2)c1. The Morgan fingerprint density at radius 3 is 2.34 bits per heavy atom. The molecule has 0 atom stereocenters. The molecular formula is C27H28ClNO2S. The highest BCUT2D eigenvalue weighted by atomic mass is 35.5. The molecule has 3 aromatic carbocycles. The Bertz CT molecular complexity index is 1100. The zero-order valence-electron chi connectivity index (χ0n) is 18.0. The van der Waals surface area contributed by atoms with Crippen molar-refractivity contribution in [3.8, 4) is 27.7 Å². The van der Waals surface area contributed by atoms with Crippen molar-refractivity contribution < 1.29 is 9.47 Å². The Kier molecular flexibility index (Phi) is 7.69. The zero-order valence-corrected chi connectivity index (χ0v) is 19.7. The van der Waals surface area contributed by atoms with Crippen molar-refractivity contribution in [3.63, 3.8) is 0 Å². The molecule has 5 rings (SSSR count). The molecule has 0 aliphatic carbocycles. The fourth-order valence-electron chi connectivity index (χ4n) is 4.05. The number of benzene rings is 3. The molecule has 1 saturated heterocycles. The smallest absolute Gasteiger partial charge is 0.128 e. The van der Waals surface area contributed by atoms with Gasteiger partial charge in [0.15, 0.2) is 0 Å². The summed E-state index contributed by atoms with van der Waals surface area (Å²) in [7, 11) is 0. The largest absolute Gasteiger partial charge is 0.492 e. The summed E-state index contributed by atoms with van der Waals surface area (Å²) in [4.78, 5) is 3.74. The molecule has 1 aliphatic heterocycles. The third-order valence-electron chi connectivity index (χ3n) is 5.73. The minimum absolute atomic E-state index is 0. The minimum Gasteiger partial charge on any atom is -0.492 e. The van der Waals surface area contributed by atoms with Gasteiger partial charge in [-0.25, -0.2) is 0 Å². The summed E-state index contributed by atoms with van der Waals surface area (Å²) < 4.78 is 13.3. The average molecular weight is 466 g/mol. The van der Waals surface area contributed by atoms with E-state index in [-0.39, 0.29) is 12.4 Å². The van der Waals surface area contributed by atoms with E-state index in [1.165, 1.54) is 52.9 Å². The number of nitrogens with zero attached hydrogens (tertiary/aromatic N) is 1. The Balaban J connectivity index is 0.00000245. The van der Waals surface area contributed by atoms with Crippen LogP contribution in [0.25, 0.3) is 20.5 Å². The molecule has 3 nitrogen and oxygen atoms in total. The highest BCUT2D eigenvalue weighted by molar-refractivity contribution is 7.22. The number of likely N-dealkylation sites (tertiary alicyclic amines) is 1. The molecule has 2 heterocycles. The Morgan fingerprint density at radius 2 is 1.53 bits per heavy atom. The van der Waals surface area contributed by atoms with Gasteiger partial charge in [0, 0.05) is 16.1 Å². The number of piperidine rings is 1. The predicted octanol–water partition coefficient (Wildman–Crippen LogP) is 7.65. The molecule has 5 heteroatoms. The summed E-state index contributed by atoms with van der Waals surface area (Å²) in [5.74, 6) is 2.55. The zero-order chi connectivity index (χ0) is 20.9. The van der Waals surface area contributed by atoms with Crippen LogP contribution in [0.1, 0.15) is 19.3 Å². The number of hydrogen-bond acceptors (Lipinski definition) is 4. The summed E-state index contributed by atoms with van der Waals surface area (Å²) in [6, 6.07) is 27.0. The number of ether oxygens (including phenoxy) is 2. The Hall–Kier alpha value is -2.53. The lowest BCUT2D eigenvalue weighted by molar-refractivity contribution is 0.183. The fourth-order valence-corrected chi connectivity index (χ4v) is 5.11. The number of fused-ring (bicyclic) bond motifs is 1. The van der Waals surface area contributed by atoms with Gasteiger partial charge in [-0.05, 0) is 85.4 Å². The van der Waals surface area contributed by atoms with Crippen LogP contribution in [-0.4, -0.2) is 31.1 Å². The Labute approximate surface area is 200 Å². The lowest BCUT2D eigenvalue weighted by Gasteiger charge is -2.26. The molecule has 0 radical (unpaired) electrons. The van der Waals surface area contributed by atoms with Gasteiger partial charge in [0.2, 0.25) is 0 Å². The van der Waals surface area contributed by atoms with E-state index in [0.717, 1.165) is 30.4 Å². The monoisotopic (exact) mass is 465 g/mol. The Morgan fingerprint density at radius 1 is 0.750 bits per heavy atom. The molecule has 0 saturated carbocycles. The second-order valence-electron chi connectivity index (χ2n) is 8.00. The van der Waals surface area contributed by atoms with Crippen LogP contribution >= 0.6 is 23.7 Å². The first-order chi connectivity index (χ1) is 15.3. The summed E-state index contributed by atoms with van der Waals surface area (Å²) in [5, 5.41) is 1.28. The maximum absolute atomic E-state index is 6.11. The molecule has 0 bridgehead atoms. The van der Waals surface area contributed by atoms with Crippen LogP contribution in [0.15, 0.2) is 78.9 Å². The van der Waals surface area contributed by atoms with E-state index in [0.29, 0.717) is 0 Å². The average Bonchev–Trinajstić information content (AvgIpc) is 3.26. The predicted molar refractivity (Wildman–Crippen MR) is 137 cm³/mol. The van der Waals surface area contributed by atoms with Crippen molar-refractivity contribution in [2.45, 2.75) is 19.3 Å². The first-order valence-electron chi connectivity index (χ1n) is 11.1. The molecule has 1 aromatic heterocycles. The third-order valence-corrected chi connectivity index (χ3v) is 6.89. The van der Waals surface area contributed by atoms with Gasteiger partial charge in [-0.2, -0.15) is 0 Å². The molecule has 166 valence electrons. The topological polar surface area (TPSA) is 21.7 Å². The van der Waals surface area contributed by atoms with Crippen molar-refractivity contribution in [2.24, 2.45) is 0 Å². The number of thiophene rings is 1. The van der Waals surface area contributed by atoms with Gasteiger partial charge < -0.3 is 9.47 Å². The van der Waals surface area contributed by atoms with Crippen molar-refractivity contribution >= 4 is 33.8 Å². The van der Waals surface area contributed by atoms with Gasteiger partial charge in [0.05, 0.1) is 0 Å². The van der Waals surface area contributed by atoms with Gasteiger partial charge in [-0.1, -0.05) is 36.8 Å². The molecule has 0 N–H and O–H groups in total. The van der Waals surface area contributed by atoms with Crippen molar-refractivity contribution in [2.75, 3.05) is 26.2 Å². The van der Waals surface area contributed by atoms with Crippen LogP contribution in [0.3, 0.4) is 0 Å². The minimum atomic E-state index is 0. The first kappa shape index (κ1) is 22.7. The lowest BCUT2D eigenvalue weighted by Crippen LogP contribution is -2.33. The molecule has 1 aliphatic rings. The van der Waals surface area contributed by atoms with Crippen LogP contribution < -0.4 is 9.47 Å².